The Labute approximate surface area is 137 Å². The van der Waals surface area contributed by atoms with E-state index < -0.39 is 0 Å². The van der Waals surface area contributed by atoms with Crippen molar-refractivity contribution in [2.24, 2.45) is 0 Å². The lowest BCUT2D eigenvalue weighted by atomic mass is 9.94. The summed E-state index contributed by atoms with van der Waals surface area (Å²) >= 11 is 5.19. The normalized spacial score (nSPS) is 17.2. The number of benzene rings is 1. The first-order valence-electron chi connectivity index (χ1n) is 7.18. The van der Waals surface area contributed by atoms with Crippen LogP contribution in [0.5, 0.6) is 0 Å². The van der Waals surface area contributed by atoms with Crippen molar-refractivity contribution in [2.45, 2.75) is 37.6 Å². The van der Waals surface area contributed by atoms with E-state index in [1.165, 1.54) is 5.56 Å². The van der Waals surface area contributed by atoms with Crippen LogP contribution in [0.25, 0.3) is 0 Å². The molecular formula is C17H18BrNOS. The highest BCUT2D eigenvalue weighted by atomic mass is 79.9. The summed E-state index contributed by atoms with van der Waals surface area (Å²) < 4.78 is 1.03. The van der Waals surface area contributed by atoms with Crippen molar-refractivity contribution in [3.05, 3.63) is 56.7 Å². The number of rotatable bonds is 5. The number of halogens is 1. The maximum Gasteiger partial charge on any atom is 0.230 e. The van der Waals surface area contributed by atoms with Crippen molar-refractivity contribution in [3.63, 3.8) is 0 Å². The molecule has 110 valence electrons. The van der Waals surface area contributed by atoms with Crippen LogP contribution in [0, 0.1) is 0 Å². The summed E-state index contributed by atoms with van der Waals surface area (Å²) in [5.41, 5.74) is 2.12. The lowest BCUT2D eigenvalue weighted by Crippen LogP contribution is -2.41. The number of amides is 1. The van der Waals surface area contributed by atoms with Gasteiger partial charge in [-0.15, -0.1) is 0 Å². The molecule has 2 nitrogen and oxygen atoms in total. The highest BCUT2D eigenvalue weighted by Gasteiger charge is 2.51. The molecule has 0 bridgehead atoms. The predicted molar refractivity (Wildman–Crippen MR) is 90.7 cm³/mol. The maximum absolute atomic E-state index is 12.7. The second-order valence-corrected chi connectivity index (χ2v) is 7.50. The summed E-state index contributed by atoms with van der Waals surface area (Å²) in [6.45, 7) is 2.08. The fourth-order valence-corrected chi connectivity index (χ4v) is 3.81. The molecule has 1 unspecified atom stereocenters. The molecule has 1 aromatic heterocycles. The first-order chi connectivity index (χ1) is 10.1. The third-order valence-corrected chi connectivity index (χ3v) is 5.29. The van der Waals surface area contributed by atoms with E-state index in [9.17, 15) is 4.79 Å². The quantitative estimate of drug-likeness (QED) is 0.843. The first kappa shape index (κ1) is 14.8. The van der Waals surface area contributed by atoms with Crippen LogP contribution in [0.15, 0.2) is 45.6 Å². The van der Waals surface area contributed by atoms with Crippen LogP contribution in [-0.2, 0) is 16.6 Å². The van der Waals surface area contributed by atoms with Crippen molar-refractivity contribution in [1.29, 1.82) is 0 Å². The molecule has 0 spiro atoms. The van der Waals surface area contributed by atoms with Gasteiger partial charge in [0.05, 0.1) is 5.41 Å². The van der Waals surface area contributed by atoms with Gasteiger partial charge >= 0.3 is 0 Å². The van der Waals surface area contributed by atoms with Gasteiger partial charge in [-0.3, -0.25) is 4.79 Å². The molecule has 1 aliphatic carbocycles. The first-order valence-corrected chi connectivity index (χ1v) is 8.92. The van der Waals surface area contributed by atoms with Gasteiger partial charge < -0.3 is 5.32 Å². The highest BCUT2D eigenvalue weighted by molar-refractivity contribution is 9.10. The SMILES string of the molecule is CC(Cc1ccsc1)NC(=O)C1(c2cccc(Br)c2)CC1. The maximum atomic E-state index is 12.7. The Bertz CT molecular complexity index is 634. The summed E-state index contributed by atoms with van der Waals surface area (Å²) in [7, 11) is 0. The zero-order chi connectivity index (χ0) is 14.9. The Kier molecular flexibility index (Phi) is 4.18. The summed E-state index contributed by atoms with van der Waals surface area (Å²) in [6.07, 6.45) is 2.78. The van der Waals surface area contributed by atoms with Gasteiger partial charge in [0.1, 0.15) is 0 Å². The highest BCUT2D eigenvalue weighted by Crippen LogP contribution is 2.48. The second-order valence-electron chi connectivity index (χ2n) is 5.80. The van der Waals surface area contributed by atoms with Gasteiger partial charge in [0.2, 0.25) is 5.91 Å². The van der Waals surface area contributed by atoms with Crippen molar-refractivity contribution in [3.8, 4) is 0 Å². The van der Waals surface area contributed by atoms with Gasteiger partial charge in [0, 0.05) is 10.5 Å². The van der Waals surface area contributed by atoms with E-state index in [2.05, 4.69) is 57.1 Å². The fourth-order valence-electron chi connectivity index (χ4n) is 2.73. The minimum atomic E-state index is -0.299. The Morgan fingerprint density at radius 1 is 1.43 bits per heavy atom. The number of hydrogen-bond acceptors (Lipinski definition) is 2. The van der Waals surface area contributed by atoms with Crippen LogP contribution in [-0.4, -0.2) is 11.9 Å². The molecule has 0 aliphatic heterocycles. The molecule has 1 aromatic carbocycles. The largest absolute Gasteiger partial charge is 0.353 e. The van der Waals surface area contributed by atoms with Crippen molar-refractivity contribution >= 4 is 33.2 Å². The predicted octanol–water partition coefficient (Wildman–Crippen LogP) is 4.29. The van der Waals surface area contributed by atoms with Crippen LogP contribution in [0.2, 0.25) is 0 Å². The van der Waals surface area contributed by atoms with E-state index in [-0.39, 0.29) is 17.4 Å². The molecule has 0 radical (unpaired) electrons. The molecule has 1 N–H and O–H groups in total. The van der Waals surface area contributed by atoms with Gasteiger partial charge in [-0.25, -0.2) is 0 Å². The number of carbonyl (C=O) groups excluding carboxylic acids is 1. The fraction of sp³-hybridized carbons (Fsp3) is 0.353. The molecule has 1 saturated carbocycles. The number of thiophene rings is 1. The van der Waals surface area contributed by atoms with E-state index >= 15 is 0 Å². The van der Waals surface area contributed by atoms with E-state index in [0.717, 1.165) is 29.3 Å². The molecule has 4 heteroatoms. The Hall–Kier alpha value is -1.13. The van der Waals surface area contributed by atoms with Crippen LogP contribution >= 0.6 is 27.3 Å². The molecule has 1 aliphatic rings. The molecule has 2 aromatic rings. The van der Waals surface area contributed by atoms with Crippen LogP contribution in [0.1, 0.15) is 30.9 Å². The van der Waals surface area contributed by atoms with E-state index in [1.807, 2.05) is 12.1 Å². The summed E-state index contributed by atoms with van der Waals surface area (Å²) in [5, 5.41) is 7.41. The van der Waals surface area contributed by atoms with Gasteiger partial charge in [0.25, 0.3) is 0 Å². The Balaban J connectivity index is 1.67. The average molecular weight is 364 g/mol. The standard InChI is InChI=1S/C17H18BrNOS/c1-12(9-13-5-8-21-11-13)19-16(20)17(6-7-17)14-3-2-4-15(18)10-14/h2-5,8,10-12H,6-7,9H2,1H3,(H,19,20). The number of nitrogens with one attached hydrogen (secondary N) is 1. The van der Waals surface area contributed by atoms with Crippen molar-refractivity contribution in [1.82, 2.24) is 5.32 Å². The second kappa shape index (κ2) is 5.93. The lowest BCUT2D eigenvalue weighted by molar-refractivity contribution is -0.124. The van der Waals surface area contributed by atoms with Crippen molar-refractivity contribution < 1.29 is 4.79 Å². The number of hydrogen-bond donors (Lipinski definition) is 1. The summed E-state index contributed by atoms with van der Waals surface area (Å²) in [6, 6.07) is 10.4. The summed E-state index contributed by atoms with van der Waals surface area (Å²) in [4.78, 5) is 12.7. The summed E-state index contributed by atoms with van der Waals surface area (Å²) in [5.74, 6) is 0.170. The molecule has 0 saturated heterocycles. The molecule has 1 fully saturated rings. The van der Waals surface area contributed by atoms with Gasteiger partial charge in [-0.2, -0.15) is 11.3 Å². The molecular weight excluding hydrogens is 346 g/mol. The molecule has 1 heterocycles. The van der Waals surface area contributed by atoms with Crippen LogP contribution in [0.3, 0.4) is 0 Å². The van der Waals surface area contributed by atoms with Gasteiger partial charge in [-0.1, -0.05) is 28.1 Å². The Morgan fingerprint density at radius 3 is 2.86 bits per heavy atom. The topological polar surface area (TPSA) is 29.1 Å². The third kappa shape index (κ3) is 3.22. The molecule has 3 rings (SSSR count). The lowest BCUT2D eigenvalue weighted by Gasteiger charge is -2.20. The van der Waals surface area contributed by atoms with Crippen LogP contribution < -0.4 is 5.32 Å². The van der Waals surface area contributed by atoms with Gasteiger partial charge in [-0.05, 0) is 66.3 Å². The zero-order valence-corrected chi connectivity index (χ0v) is 14.3. The molecule has 1 amide bonds. The zero-order valence-electron chi connectivity index (χ0n) is 11.9. The number of carbonyl (C=O) groups is 1. The van der Waals surface area contributed by atoms with E-state index in [1.54, 1.807) is 11.3 Å². The van der Waals surface area contributed by atoms with Gasteiger partial charge in [0.15, 0.2) is 0 Å². The Morgan fingerprint density at radius 2 is 2.24 bits per heavy atom. The molecule has 1 atom stereocenters. The minimum absolute atomic E-state index is 0.164. The van der Waals surface area contributed by atoms with Crippen molar-refractivity contribution in [2.75, 3.05) is 0 Å². The van der Waals surface area contributed by atoms with E-state index in [0.29, 0.717) is 0 Å². The average Bonchev–Trinajstić information content (AvgIpc) is 3.12. The smallest absolute Gasteiger partial charge is 0.230 e. The monoisotopic (exact) mass is 363 g/mol. The minimum Gasteiger partial charge on any atom is -0.353 e. The van der Waals surface area contributed by atoms with Crippen LogP contribution in [0.4, 0.5) is 0 Å². The molecule has 21 heavy (non-hydrogen) atoms. The third-order valence-electron chi connectivity index (χ3n) is 4.06. The van der Waals surface area contributed by atoms with E-state index in [4.69, 9.17) is 0 Å².